The zero-order valence-corrected chi connectivity index (χ0v) is 22.3. The number of ketones is 1. The minimum Gasteiger partial charge on any atom is -0.299 e. The summed E-state index contributed by atoms with van der Waals surface area (Å²) in [6, 6.07) is 0. The molecule has 1 atom stereocenters. The van der Waals surface area contributed by atoms with Crippen LogP contribution < -0.4 is 0 Å². The summed E-state index contributed by atoms with van der Waals surface area (Å²) in [5.74, 6) is 1.27. The maximum atomic E-state index is 11.5. The Kier molecular flexibility index (Phi) is 36.4. The second-order valence-electron chi connectivity index (χ2n) is 6.21. The summed E-state index contributed by atoms with van der Waals surface area (Å²) in [4.78, 5) is 11.5. The van der Waals surface area contributed by atoms with E-state index in [1.165, 1.54) is 0 Å². The normalized spacial score (nSPS) is 12.7. The molecule has 0 aliphatic rings. The van der Waals surface area contributed by atoms with Crippen molar-refractivity contribution >= 4 is 17.5 Å². The molecule has 0 N–H and O–H groups in total. The molecular formula is C29H50OS. The Labute approximate surface area is 199 Å². The molecule has 31 heavy (non-hydrogen) atoms. The lowest BCUT2D eigenvalue weighted by molar-refractivity contribution is -0.116. The van der Waals surface area contributed by atoms with Gasteiger partial charge >= 0.3 is 0 Å². The van der Waals surface area contributed by atoms with Crippen LogP contribution in [-0.2, 0) is 4.79 Å². The van der Waals surface area contributed by atoms with Gasteiger partial charge in [-0.15, -0.1) is 0 Å². The Bertz CT molecular complexity index is 521. The number of thioether (sulfide) groups is 1. The van der Waals surface area contributed by atoms with E-state index in [-0.39, 0.29) is 11.0 Å². The van der Waals surface area contributed by atoms with Crippen LogP contribution in [0, 0.1) is 0 Å². The SMILES string of the molecule is CC.CC.CC/C=C\C/C=C\C/C=C\C/C=C\C/C=C\C/C=C\CC(SCC)C(C)=O. The summed E-state index contributed by atoms with van der Waals surface area (Å²) in [6.45, 7) is 13.9. The van der Waals surface area contributed by atoms with Crippen LogP contribution in [0.25, 0.3) is 0 Å². The number of carbonyl (C=O) groups excluding carboxylic acids is 1. The molecule has 0 aliphatic heterocycles. The van der Waals surface area contributed by atoms with Crippen LogP contribution in [0.3, 0.4) is 0 Å². The molecule has 0 heterocycles. The second-order valence-corrected chi connectivity index (χ2v) is 7.69. The molecule has 178 valence electrons. The van der Waals surface area contributed by atoms with Crippen molar-refractivity contribution < 1.29 is 4.79 Å². The lowest BCUT2D eigenvalue weighted by Crippen LogP contribution is -2.12. The summed E-state index contributed by atoms with van der Waals surface area (Å²) in [5, 5.41) is 0.125. The van der Waals surface area contributed by atoms with Crippen LogP contribution in [0.1, 0.15) is 93.4 Å². The van der Waals surface area contributed by atoms with Gasteiger partial charge in [0.1, 0.15) is 5.78 Å². The summed E-state index contributed by atoms with van der Waals surface area (Å²) in [7, 11) is 0. The van der Waals surface area contributed by atoms with Gasteiger partial charge in [-0.25, -0.2) is 0 Å². The Morgan fingerprint density at radius 2 is 0.935 bits per heavy atom. The van der Waals surface area contributed by atoms with Crippen molar-refractivity contribution in [2.75, 3.05) is 5.75 Å². The first kappa shape index (κ1) is 34.1. The maximum absolute atomic E-state index is 11.5. The predicted octanol–water partition coefficient (Wildman–Crippen LogP) is 9.84. The number of carbonyl (C=O) groups is 1. The topological polar surface area (TPSA) is 17.1 Å². The van der Waals surface area contributed by atoms with Crippen LogP contribution >= 0.6 is 11.8 Å². The minimum absolute atomic E-state index is 0.125. The van der Waals surface area contributed by atoms with E-state index < -0.39 is 0 Å². The largest absolute Gasteiger partial charge is 0.299 e. The number of Topliss-reactive ketones (excluding diaryl/α,β-unsaturated/α-hetero) is 1. The third kappa shape index (κ3) is 30.7. The van der Waals surface area contributed by atoms with Gasteiger partial charge in [-0.05, 0) is 57.6 Å². The van der Waals surface area contributed by atoms with Gasteiger partial charge in [-0.2, -0.15) is 11.8 Å². The molecule has 0 aliphatic carbocycles. The van der Waals surface area contributed by atoms with Gasteiger partial charge in [-0.3, -0.25) is 4.79 Å². The number of rotatable bonds is 16. The Balaban J connectivity index is -0.00000184. The van der Waals surface area contributed by atoms with Crippen LogP contribution in [0.2, 0.25) is 0 Å². The third-order valence-corrected chi connectivity index (χ3v) is 5.03. The number of allylic oxidation sites excluding steroid dienone is 12. The first-order valence-corrected chi connectivity index (χ1v) is 13.3. The van der Waals surface area contributed by atoms with Crippen LogP contribution in [0.4, 0.5) is 0 Å². The monoisotopic (exact) mass is 446 g/mol. The van der Waals surface area contributed by atoms with Crippen molar-refractivity contribution in [1.29, 1.82) is 0 Å². The van der Waals surface area contributed by atoms with Crippen molar-refractivity contribution in [1.82, 2.24) is 0 Å². The van der Waals surface area contributed by atoms with Crippen molar-refractivity contribution in [3.05, 3.63) is 72.9 Å². The average molecular weight is 447 g/mol. The Hall–Kier alpha value is -1.54. The van der Waals surface area contributed by atoms with Crippen molar-refractivity contribution in [3.8, 4) is 0 Å². The van der Waals surface area contributed by atoms with Gasteiger partial charge in [0.2, 0.25) is 0 Å². The van der Waals surface area contributed by atoms with Gasteiger partial charge < -0.3 is 0 Å². The minimum atomic E-state index is 0.125. The van der Waals surface area contributed by atoms with Gasteiger partial charge in [0.15, 0.2) is 0 Å². The zero-order chi connectivity index (χ0) is 24.0. The molecule has 1 nitrogen and oxygen atoms in total. The summed E-state index contributed by atoms with van der Waals surface area (Å²) in [6.07, 6.45) is 33.3. The average Bonchev–Trinajstić information content (AvgIpc) is 2.80. The molecule has 0 saturated carbocycles. The van der Waals surface area contributed by atoms with E-state index >= 15 is 0 Å². The first-order chi connectivity index (χ1) is 15.2. The fourth-order valence-electron chi connectivity index (χ4n) is 2.29. The summed E-state index contributed by atoms with van der Waals surface area (Å²) >= 11 is 1.73. The third-order valence-electron chi connectivity index (χ3n) is 3.77. The van der Waals surface area contributed by atoms with Crippen molar-refractivity contribution in [2.45, 2.75) is 98.7 Å². The zero-order valence-electron chi connectivity index (χ0n) is 21.5. The maximum Gasteiger partial charge on any atom is 0.143 e. The summed E-state index contributed by atoms with van der Waals surface area (Å²) in [5.41, 5.74) is 0. The summed E-state index contributed by atoms with van der Waals surface area (Å²) < 4.78 is 0. The molecule has 2 heteroatoms. The molecule has 1 unspecified atom stereocenters. The van der Waals surface area contributed by atoms with E-state index in [1.807, 2.05) is 27.7 Å². The van der Waals surface area contributed by atoms with E-state index in [2.05, 4.69) is 86.8 Å². The van der Waals surface area contributed by atoms with Gasteiger partial charge in [-0.1, -0.05) is 114 Å². The highest BCUT2D eigenvalue weighted by molar-refractivity contribution is 8.00. The molecule has 0 amide bonds. The standard InChI is InChI=1S/C25H38OS.2C2H6/c1-4-6-7-8-9-10-11-12-13-14-15-16-17-18-19-20-21-22-23-25(24(3)26)27-5-2;2*1-2/h6-7,9-10,12-13,15-16,18-19,21-22,25H,4-5,8,11,14,17,20,23H2,1-3H3;2*1-2H3/b7-6-,10-9-,13-12-,16-15-,19-18-,22-21-;;. The molecule has 0 rings (SSSR count). The predicted molar refractivity (Wildman–Crippen MR) is 148 cm³/mol. The van der Waals surface area contributed by atoms with E-state index in [1.54, 1.807) is 18.7 Å². The van der Waals surface area contributed by atoms with E-state index in [4.69, 9.17) is 0 Å². The fraction of sp³-hybridized carbons (Fsp3) is 0.552. The molecule has 0 saturated heterocycles. The molecule has 0 radical (unpaired) electrons. The quantitative estimate of drug-likeness (QED) is 0.219. The lowest BCUT2D eigenvalue weighted by Gasteiger charge is -2.08. The highest BCUT2D eigenvalue weighted by atomic mass is 32.2. The van der Waals surface area contributed by atoms with Crippen LogP contribution in [0.15, 0.2) is 72.9 Å². The van der Waals surface area contributed by atoms with Crippen molar-refractivity contribution in [2.24, 2.45) is 0 Å². The van der Waals surface area contributed by atoms with Crippen molar-refractivity contribution in [3.63, 3.8) is 0 Å². The Morgan fingerprint density at radius 1 is 0.613 bits per heavy atom. The van der Waals surface area contributed by atoms with E-state index in [0.29, 0.717) is 0 Å². The van der Waals surface area contributed by atoms with Crippen LogP contribution in [-0.4, -0.2) is 16.8 Å². The molecule has 0 aromatic carbocycles. The molecule has 0 spiro atoms. The molecule has 0 aromatic rings. The molecular weight excluding hydrogens is 396 g/mol. The Morgan fingerprint density at radius 3 is 1.23 bits per heavy atom. The number of hydrogen-bond donors (Lipinski definition) is 0. The molecule has 0 fully saturated rings. The van der Waals surface area contributed by atoms with E-state index in [9.17, 15) is 4.79 Å². The number of hydrogen-bond acceptors (Lipinski definition) is 2. The molecule has 0 aromatic heterocycles. The highest BCUT2D eigenvalue weighted by Crippen LogP contribution is 2.15. The van der Waals surface area contributed by atoms with Gasteiger partial charge in [0, 0.05) is 0 Å². The lowest BCUT2D eigenvalue weighted by atomic mass is 10.2. The van der Waals surface area contributed by atoms with Gasteiger partial charge in [0.25, 0.3) is 0 Å². The van der Waals surface area contributed by atoms with E-state index in [0.717, 1.165) is 50.7 Å². The fourth-order valence-corrected chi connectivity index (χ4v) is 3.18. The smallest absolute Gasteiger partial charge is 0.143 e. The van der Waals surface area contributed by atoms with Crippen LogP contribution in [0.5, 0.6) is 0 Å². The first-order valence-electron chi connectivity index (χ1n) is 12.2. The molecule has 0 bridgehead atoms. The second kappa shape index (κ2) is 33.1. The van der Waals surface area contributed by atoms with Gasteiger partial charge in [0.05, 0.1) is 5.25 Å². The highest BCUT2D eigenvalue weighted by Gasteiger charge is 2.10.